The highest BCUT2D eigenvalue weighted by Crippen LogP contribution is 2.15. The van der Waals surface area contributed by atoms with Gasteiger partial charge in [0.05, 0.1) is 25.4 Å². The summed E-state index contributed by atoms with van der Waals surface area (Å²) in [6.07, 6.45) is 51.4. The molecule has 3 N–H and O–H groups in total. The summed E-state index contributed by atoms with van der Waals surface area (Å²) in [6, 6.07) is -0.560. The molecule has 324 valence electrons. The lowest BCUT2D eigenvalue weighted by atomic mass is 10.0. The predicted octanol–water partition coefficient (Wildman–Crippen LogP) is 14.0. The molecule has 0 fully saturated rings. The quantitative estimate of drug-likeness (QED) is 0.0325. The van der Waals surface area contributed by atoms with E-state index in [1.54, 1.807) is 0 Å². The maximum Gasteiger partial charge on any atom is 0.305 e. The van der Waals surface area contributed by atoms with Crippen LogP contribution in [0.4, 0.5) is 0 Å². The smallest absolute Gasteiger partial charge is 0.305 e. The van der Waals surface area contributed by atoms with Gasteiger partial charge in [0.25, 0.3) is 0 Å². The van der Waals surface area contributed by atoms with Gasteiger partial charge in [-0.15, -0.1) is 0 Å². The molecule has 0 aromatic heterocycles. The second-order valence-corrected chi connectivity index (χ2v) is 16.4. The Morgan fingerprint density at radius 1 is 0.491 bits per heavy atom. The fraction of sp³-hybridized carbons (Fsp3) is 0.878. The van der Waals surface area contributed by atoms with Gasteiger partial charge in [-0.2, -0.15) is 0 Å². The van der Waals surface area contributed by atoms with E-state index in [1.165, 1.54) is 135 Å². The van der Waals surface area contributed by atoms with Gasteiger partial charge < -0.3 is 20.3 Å². The predicted molar refractivity (Wildman–Crippen MR) is 236 cm³/mol. The monoisotopic (exact) mass is 776 g/mol. The number of amides is 1. The largest absolute Gasteiger partial charge is 0.466 e. The molecule has 0 aliphatic heterocycles. The van der Waals surface area contributed by atoms with E-state index in [0.29, 0.717) is 25.9 Å². The van der Waals surface area contributed by atoms with Crippen molar-refractivity contribution in [1.29, 1.82) is 0 Å². The zero-order valence-corrected chi connectivity index (χ0v) is 36.7. The van der Waals surface area contributed by atoms with Gasteiger partial charge in [0, 0.05) is 12.8 Å². The molecule has 0 heterocycles. The molecule has 0 saturated heterocycles. The molecule has 1 amide bonds. The first kappa shape index (κ1) is 53.3. The third-order valence-electron chi connectivity index (χ3n) is 11.0. The van der Waals surface area contributed by atoms with Crippen molar-refractivity contribution in [2.75, 3.05) is 13.2 Å². The van der Waals surface area contributed by atoms with E-state index in [9.17, 15) is 19.8 Å². The van der Waals surface area contributed by atoms with Crippen LogP contribution in [0.2, 0.25) is 0 Å². The first-order valence-electron chi connectivity index (χ1n) is 24.1. The molecule has 0 rings (SSSR count). The van der Waals surface area contributed by atoms with E-state index in [-0.39, 0.29) is 18.5 Å². The molecular weight excluding hydrogens is 683 g/mol. The average Bonchev–Trinajstić information content (AvgIpc) is 3.18. The van der Waals surface area contributed by atoms with Crippen LogP contribution in [0.1, 0.15) is 251 Å². The van der Waals surface area contributed by atoms with Crippen LogP contribution in [0, 0.1) is 0 Å². The maximum absolute atomic E-state index is 12.4. The topological polar surface area (TPSA) is 95.9 Å². The third kappa shape index (κ3) is 41.8. The van der Waals surface area contributed by atoms with Crippen molar-refractivity contribution < 1.29 is 24.5 Å². The van der Waals surface area contributed by atoms with E-state index in [1.807, 2.05) is 0 Å². The molecule has 0 radical (unpaired) electrons. The normalized spacial score (nSPS) is 12.9. The number of esters is 1. The Labute approximate surface area is 341 Å². The van der Waals surface area contributed by atoms with Crippen molar-refractivity contribution in [3.05, 3.63) is 24.3 Å². The highest BCUT2D eigenvalue weighted by Gasteiger charge is 2.20. The summed E-state index contributed by atoms with van der Waals surface area (Å²) in [7, 11) is 0. The third-order valence-corrected chi connectivity index (χ3v) is 11.0. The second-order valence-electron chi connectivity index (χ2n) is 16.4. The van der Waals surface area contributed by atoms with Crippen LogP contribution in [0.3, 0.4) is 0 Å². The van der Waals surface area contributed by atoms with E-state index < -0.39 is 12.1 Å². The minimum absolute atomic E-state index is 0.0353. The Kier molecular flexibility index (Phi) is 43.7. The van der Waals surface area contributed by atoms with Crippen LogP contribution in [0.25, 0.3) is 0 Å². The Balaban J connectivity index is 3.50. The summed E-state index contributed by atoms with van der Waals surface area (Å²) in [4.78, 5) is 24.4. The number of carbonyl (C=O) groups excluding carboxylic acids is 2. The minimum atomic E-state index is -0.680. The summed E-state index contributed by atoms with van der Waals surface area (Å²) in [5, 5.41) is 23.0. The van der Waals surface area contributed by atoms with Gasteiger partial charge in [0.15, 0.2) is 0 Å². The molecule has 0 bridgehead atoms. The fourth-order valence-electron chi connectivity index (χ4n) is 7.21. The van der Waals surface area contributed by atoms with Crippen LogP contribution in [0.15, 0.2) is 24.3 Å². The summed E-state index contributed by atoms with van der Waals surface area (Å²) in [6.45, 7) is 4.84. The van der Waals surface area contributed by atoms with Crippen molar-refractivity contribution in [2.45, 2.75) is 264 Å². The number of ether oxygens (including phenoxy) is 1. The van der Waals surface area contributed by atoms with Gasteiger partial charge in [0.1, 0.15) is 0 Å². The Morgan fingerprint density at radius 3 is 1.29 bits per heavy atom. The number of allylic oxidation sites excluding steroid dienone is 4. The molecule has 2 unspecified atom stereocenters. The molecule has 0 saturated carbocycles. The van der Waals surface area contributed by atoms with Crippen LogP contribution < -0.4 is 5.32 Å². The first-order valence-corrected chi connectivity index (χ1v) is 24.1. The zero-order valence-electron chi connectivity index (χ0n) is 36.7. The van der Waals surface area contributed by atoms with Gasteiger partial charge in [-0.05, 0) is 77.0 Å². The van der Waals surface area contributed by atoms with Gasteiger partial charge in [0.2, 0.25) is 5.91 Å². The maximum atomic E-state index is 12.4. The summed E-state index contributed by atoms with van der Waals surface area (Å²) in [5.74, 6) is -0.102. The molecule has 2 atom stereocenters. The van der Waals surface area contributed by atoms with E-state index in [4.69, 9.17) is 4.74 Å². The number of rotatable bonds is 44. The molecule has 0 aromatic rings. The molecular formula is C49H93NO5. The van der Waals surface area contributed by atoms with Crippen molar-refractivity contribution in [3.63, 3.8) is 0 Å². The standard InChI is InChI=1S/C49H93NO5/c1-3-5-7-9-11-13-15-16-17-18-19-20-23-27-31-35-39-43-49(54)55-44-40-36-32-28-24-21-22-26-30-34-38-42-48(53)50-46(45-51)47(52)41-37-33-29-25-14-12-10-8-6-4-2/h16-17,24,28,46-47,51-52H,3-15,18-23,25-27,29-45H2,1-2H3,(H,50,53)/b17-16-,28-24-. The molecule has 0 aromatic carbocycles. The van der Waals surface area contributed by atoms with Crippen LogP contribution in [-0.4, -0.2) is 47.4 Å². The summed E-state index contributed by atoms with van der Waals surface area (Å²) >= 11 is 0. The number of hydrogen-bond acceptors (Lipinski definition) is 5. The molecule has 6 heteroatoms. The molecule has 0 spiro atoms. The first-order chi connectivity index (χ1) is 27.0. The van der Waals surface area contributed by atoms with Crippen molar-refractivity contribution in [2.24, 2.45) is 0 Å². The highest BCUT2D eigenvalue weighted by molar-refractivity contribution is 5.76. The van der Waals surface area contributed by atoms with Crippen LogP contribution >= 0.6 is 0 Å². The minimum Gasteiger partial charge on any atom is -0.466 e. The number of hydrogen-bond donors (Lipinski definition) is 3. The molecule has 0 aliphatic carbocycles. The Morgan fingerprint density at radius 2 is 0.855 bits per heavy atom. The molecule has 6 nitrogen and oxygen atoms in total. The van der Waals surface area contributed by atoms with Crippen molar-refractivity contribution >= 4 is 11.9 Å². The summed E-state index contributed by atoms with van der Waals surface area (Å²) < 4.78 is 5.43. The zero-order chi connectivity index (χ0) is 40.1. The van der Waals surface area contributed by atoms with E-state index in [0.717, 1.165) is 83.5 Å². The average molecular weight is 776 g/mol. The lowest BCUT2D eigenvalue weighted by Crippen LogP contribution is -2.45. The van der Waals surface area contributed by atoms with Crippen molar-refractivity contribution in [3.8, 4) is 0 Å². The number of carbonyl (C=O) groups is 2. The van der Waals surface area contributed by atoms with Gasteiger partial charge in [-0.1, -0.05) is 186 Å². The molecule has 55 heavy (non-hydrogen) atoms. The van der Waals surface area contributed by atoms with Gasteiger partial charge >= 0.3 is 5.97 Å². The lowest BCUT2D eigenvalue weighted by Gasteiger charge is -2.22. The number of aliphatic hydroxyl groups is 2. The Bertz CT molecular complexity index is 858. The Hall–Kier alpha value is -1.66. The molecule has 0 aliphatic rings. The van der Waals surface area contributed by atoms with E-state index >= 15 is 0 Å². The fourth-order valence-corrected chi connectivity index (χ4v) is 7.21. The van der Waals surface area contributed by atoms with Crippen LogP contribution in [0.5, 0.6) is 0 Å². The van der Waals surface area contributed by atoms with Crippen molar-refractivity contribution in [1.82, 2.24) is 5.32 Å². The van der Waals surface area contributed by atoms with Crippen LogP contribution in [-0.2, 0) is 14.3 Å². The number of aliphatic hydroxyl groups excluding tert-OH is 2. The van der Waals surface area contributed by atoms with Gasteiger partial charge in [-0.3, -0.25) is 9.59 Å². The summed E-state index contributed by atoms with van der Waals surface area (Å²) in [5.41, 5.74) is 0. The highest BCUT2D eigenvalue weighted by atomic mass is 16.5. The lowest BCUT2D eigenvalue weighted by molar-refractivity contribution is -0.143. The number of nitrogens with one attached hydrogen (secondary N) is 1. The van der Waals surface area contributed by atoms with E-state index in [2.05, 4.69) is 43.5 Å². The van der Waals surface area contributed by atoms with Gasteiger partial charge in [-0.25, -0.2) is 0 Å². The second kappa shape index (κ2) is 45.0. The number of unbranched alkanes of at least 4 members (excludes halogenated alkanes) is 29. The SMILES string of the molecule is CCCCCCCC/C=C\CCCCCCCCCC(=O)OCCCC/C=C\CCCCCCCC(=O)NC(CO)C(O)CCCCCCCCCCCC.